The molecular formula is C5H8Cl3NO3. The highest BCUT2D eigenvalue weighted by Crippen LogP contribution is 2.40. The Morgan fingerprint density at radius 3 is 2.00 bits per heavy atom. The lowest BCUT2D eigenvalue weighted by molar-refractivity contribution is -0.302. The predicted octanol–water partition coefficient (Wildman–Crippen LogP) is 2.16. The summed E-state index contributed by atoms with van der Waals surface area (Å²) in [7, 11) is 0. The zero-order valence-electron chi connectivity index (χ0n) is 6.44. The molecule has 0 aliphatic rings. The fourth-order valence-electron chi connectivity index (χ4n) is 0.192. The molecular weight excluding hydrogens is 228 g/mol. The van der Waals surface area contributed by atoms with Crippen LogP contribution in [0, 0.1) is 0 Å². The van der Waals surface area contributed by atoms with Crippen molar-refractivity contribution >= 4 is 40.9 Å². The van der Waals surface area contributed by atoms with Crippen LogP contribution >= 0.6 is 34.8 Å². The fraction of sp³-hybridized carbons (Fsp3) is 0.800. The summed E-state index contributed by atoms with van der Waals surface area (Å²) >= 11 is 16.4. The molecule has 0 fully saturated rings. The number of carbonyl (C=O) groups excluding carboxylic acids is 1. The van der Waals surface area contributed by atoms with Crippen LogP contribution in [0.5, 0.6) is 0 Å². The van der Waals surface area contributed by atoms with Gasteiger partial charge in [-0.05, 0) is 13.8 Å². The van der Waals surface area contributed by atoms with Crippen molar-refractivity contribution < 1.29 is 14.6 Å². The first kappa shape index (κ1) is 12.1. The minimum absolute atomic E-state index is 1.10. The summed E-state index contributed by atoms with van der Waals surface area (Å²) in [5.74, 6) is 0. The van der Waals surface area contributed by atoms with Crippen molar-refractivity contribution in [2.24, 2.45) is 5.73 Å². The van der Waals surface area contributed by atoms with Gasteiger partial charge in [0.15, 0.2) is 5.60 Å². The van der Waals surface area contributed by atoms with Crippen LogP contribution in [0.1, 0.15) is 13.8 Å². The molecule has 0 bridgehead atoms. The van der Waals surface area contributed by atoms with Crippen molar-refractivity contribution in [3.63, 3.8) is 0 Å². The summed E-state index contributed by atoms with van der Waals surface area (Å²) in [6.07, 6.45) is -1.10. The lowest BCUT2D eigenvalue weighted by atomic mass is 10.2. The van der Waals surface area contributed by atoms with Crippen LogP contribution in [0.25, 0.3) is 0 Å². The van der Waals surface area contributed by atoms with E-state index in [0.717, 1.165) is 0 Å². The van der Waals surface area contributed by atoms with Gasteiger partial charge in [-0.3, -0.25) is 4.89 Å². The zero-order valence-corrected chi connectivity index (χ0v) is 8.70. The molecule has 0 saturated heterocycles. The van der Waals surface area contributed by atoms with Gasteiger partial charge in [0.2, 0.25) is 3.79 Å². The Labute approximate surface area is 84.8 Å². The molecule has 0 rings (SSSR count). The molecule has 0 radical (unpaired) electrons. The fourth-order valence-corrected chi connectivity index (χ4v) is 0.287. The molecule has 0 aliphatic carbocycles. The van der Waals surface area contributed by atoms with Crippen LogP contribution in [0.15, 0.2) is 0 Å². The molecule has 12 heavy (non-hydrogen) atoms. The van der Waals surface area contributed by atoms with E-state index in [9.17, 15) is 4.79 Å². The predicted molar refractivity (Wildman–Crippen MR) is 46.1 cm³/mol. The molecule has 0 spiro atoms. The largest absolute Gasteiger partial charge is 0.436 e. The van der Waals surface area contributed by atoms with Crippen molar-refractivity contribution in [3.8, 4) is 0 Å². The van der Waals surface area contributed by atoms with E-state index in [1.807, 2.05) is 0 Å². The first-order chi connectivity index (χ1) is 5.17. The Morgan fingerprint density at radius 1 is 1.33 bits per heavy atom. The van der Waals surface area contributed by atoms with Crippen LogP contribution < -0.4 is 5.73 Å². The van der Waals surface area contributed by atoms with Crippen LogP contribution in [0.4, 0.5) is 4.79 Å². The number of rotatable bonds is 2. The van der Waals surface area contributed by atoms with Crippen molar-refractivity contribution in [2.45, 2.75) is 23.2 Å². The standard InChI is InChI=1S/C5H8Cl3NO3/c1-4(2,5(6,7)8)12-11-3(9)10/h1-2H3,(H2,9,10). The normalized spacial score (nSPS) is 12.8. The number of hydrogen-bond acceptors (Lipinski definition) is 3. The van der Waals surface area contributed by atoms with Gasteiger partial charge in [-0.1, -0.05) is 34.8 Å². The SMILES string of the molecule is CC(C)(OOC(N)=O)C(Cl)(Cl)Cl. The molecule has 0 unspecified atom stereocenters. The number of alkyl halides is 3. The van der Waals surface area contributed by atoms with Crippen LogP contribution in [-0.2, 0) is 9.78 Å². The third kappa shape index (κ3) is 3.67. The third-order valence-electron chi connectivity index (χ3n) is 1.01. The van der Waals surface area contributed by atoms with E-state index in [4.69, 9.17) is 34.8 Å². The summed E-state index contributed by atoms with van der Waals surface area (Å²) in [6.45, 7) is 2.87. The van der Waals surface area contributed by atoms with Gasteiger partial charge in [-0.2, -0.15) is 4.89 Å². The highest BCUT2D eigenvalue weighted by molar-refractivity contribution is 6.68. The maximum Gasteiger partial charge on any atom is 0.436 e. The number of halogens is 3. The number of primary amides is 1. The Bertz CT molecular complexity index is 177. The third-order valence-corrected chi connectivity index (χ3v) is 2.38. The Morgan fingerprint density at radius 2 is 1.75 bits per heavy atom. The van der Waals surface area contributed by atoms with E-state index in [-0.39, 0.29) is 0 Å². The lowest BCUT2D eigenvalue weighted by Gasteiger charge is -2.29. The molecule has 0 aromatic rings. The molecule has 7 heteroatoms. The monoisotopic (exact) mass is 235 g/mol. The second kappa shape index (κ2) is 3.87. The van der Waals surface area contributed by atoms with E-state index in [1.165, 1.54) is 13.8 Å². The average Bonchev–Trinajstić information content (AvgIpc) is 1.81. The van der Waals surface area contributed by atoms with Crippen molar-refractivity contribution in [1.29, 1.82) is 0 Å². The maximum absolute atomic E-state index is 10.1. The van der Waals surface area contributed by atoms with Crippen LogP contribution in [0.2, 0.25) is 0 Å². The highest BCUT2D eigenvalue weighted by atomic mass is 35.6. The van der Waals surface area contributed by atoms with E-state index >= 15 is 0 Å². The van der Waals surface area contributed by atoms with Gasteiger partial charge in [0, 0.05) is 0 Å². The zero-order chi connectivity index (χ0) is 9.99. The topological polar surface area (TPSA) is 61.6 Å². The summed E-state index contributed by atoms with van der Waals surface area (Å²) < 4.78 is -1.71. The van der Waals surface area contributed by atoms with Gasteiger partial charge in [0.1, 0.15) is 0 Å². The molecule has 0 heterocycles. The van der Waals surface area contributed by atoms with Gasteiger partial charge in [-0.25, -0.2) is 4.79 Å². The van der Waals surface area contributed by atoms with E-state index < -0.39 is 15.5 Å². The minimum Gasteiger partial charge on any atom is -0.333 e. The first-order valence-electron chi connectivity index (χ1n) is 2.88. The van der Waals surface area contributed by atoms with Gasteiger partial charge in [-0.15, -0.1) is 0 Å². The van der Waals surface area contributed by atoms with Gasteiger partial charge in [0.25, 0.3) is 0 Å². The maximum atomic E-state index is 10.1. The number of amides is 1. The second-order valence-corrected chi connectivity index (χ2v) is 4.78. The van der Waals surface area contributed by atoms with Crippen molar-refractivity contribution in [3.05, 3.63) is 0 Å². The molecule has 0 aromatic heterocycles. The van der Waals surface area contributed by atoms with Gasteiger partial charge < -0.3 is 5.73 Å². The van der Waals surface area contributed by atoms with Gasteiger partial charge >= 0.3 is 6.09 Å². The second-order valence-electron chi connectivity index (χ2n) is 2.49. The first-order valence-corrected chi connectivity index (χ1v) is 4.02. The van der Waals surface area contributed by atoms with Crippen LogP contribution in [-0.4, -0.2) is 15.5 Å². The quantitative estimate of drug-likeness (QED) is 0.454. The number of carbonyl (C=O) groups is 1. The van der Waals surface area contributed by atoms with Crippen LogP contribution in [0.3, 0.4) is 0 Å². The molecule has 1 amide bonds. The Kier molecular flexibility index (Phi) is 3.90. The summed E-state index contributed by atoms with van der Waals surface area (Å²) in [5.41, 5.74) is 3.37. The van der Waals surface area contributed by atoms with E-state index in [2.05, 4.69) is 15.5 Å². The molecule has 0 saturated carbocycles. The van der Waals surface area contributed by atoms with Crippen molar-refractivity contribution in [1.82, 2.24) is 0 Å². The lowest BCUT2D eigenvalue weighted by Crippen LogP contribution is -2.40. The highest BCUT2D eigenvalue weighted by Gasteiger charge is 2.44. The van der Waals surface area contributed by atoms with Crippen molar-refractivity contribution in [2.75, 3.05) is 0 Å². The smallest absolute Gasteiger partial charge is 0.333 e. The molecule has 0 aromatic carbocycles. The molecule has 2 N–H and O–H groups in total. The van der Waals surface area contributed by atoms with Gasteiger partial charge in [0.05, 0.1) is 0 Å². The Hall–Kier alpha value is 0.1000. The van der Waals surface area contributed by atoms with E-state index in [0.29, 0.717) is 0 Å². The molecule has 4 nitrogen and oxygen atoms in total. The summed E-state index contributed by atoms with van der Waals surface area (Å²) in [6, 6.07) is 0. The number of hydrogen-bond donors (Lipinski definition) is 1. The average molecular weight is 236 g/mol. The molecule has 0 atom stereocenters. The van der Waals surface area contributed by atoms with E-state index in [1.54, 1.807) is 0 Å². The molecule has 72 valence electrons. The summed E-state index contributed by atoms with van der Waals surface area (Å²) in [5, 5.41) is 0. The Balaban J connectivity index is 4.14. The summed E-state index contributed by atoms with van der Waals surface area (Å²) in [4.78, 5) is 18.6. The number of nitrogens with two attached hydrogens (primary N) is 1. The minimum atomic E-state index is -1.71. The molecule has 0 aliphatic heterocycles.